The molecule has 1 heterocycles. The van der Waals surface area contributed by atoms with Crippen molar-refractivity contribution in [2.24, 2.45) is 22.9 Å². The van der Waals surface area contributed by atoms with Crippen LogP contribution in [0.3, 0.4) is 0 Å². The zero-order valence-electron chi connectivity index (χ0n) is 55.0. The molecule has 15 nitrogen and oxygen atoms in total. The van der Waals surface area contributed by atoms with E-state index in [1.54, 1.807) is 117 Å². The minimum atomic E-state index is -0.377. The van der Waals surface area contributed by atoms with Gasteiger partial charge in [0.05, 0.1) is 7.11 Å². The van der Waals surface area contributed by atoms with Gasteiger partial charge < -0.3 is 53.2 Å². The molecule has 0 spiro atoms. The number of hydrogen-bond donors (Lipinski definition) is 9. The SMILES string of the molecule is COc1cccc(-c2ccc(-c3cccc(O)c3)c(CCC(N)=O)c2)c1.NC(=O)CCc1cc(-c2cccc(F)c2)ccc1-c1cccc(O)c1.NC(=O)CCc1cc(-c2cccc(O)c2)ccc1-c1cccc(O)c1.NC(=O)CCc1cc(-c2ccncc2)ccc1-c1cccc(O)c1. The number of rotatable bonds is 21. The van der Waals surface area contributed by atoms with Crippen LogP contribution in [0.25, 0.3) is 89.0 Å². The third kappa shape index (κ3) is 20.6. The van der Waals surface area contributed by atoms with Crippen molar-refractivity contribution in [1.82, 2.24) is 4.98 Å². The van der Waals surface area contributed by atoms with Crippen LogP contribution in [0.5, 0.6) is 34.5 Å². The third-order valence-electron chi connectivity index (χ3n) is 16.4. The fraction of sp³-hybridized carbons (Fsp3) is 0.107. The van der Waals surface area contributed by atoms with Crippen LogP contribution in [0, 0.1) is 5.82 Å². The lowest BCUT2D eigenvalue weighted by Gasteiger charge is -2.13. The summed E-state index contributed by atoms with van der Waals surface area (Å²) in [4.78, 5) is 49.0. The molecule has 0 fully saturated rings. The van der Waals surface area contributed by atoms with Gasteiger partial charge in [0.15, 0.2) is 0 Å². The summed E-state index contributed by atoms with van der Waals surface area (Å²) in [6.45, 7) is 0. The van der Waals surface area contributed by atoms with Gasteiger partial charge in [-0.1, -0.05) is 158 Å². The van der Waals surface area contributed by atoms with E-state index in [9.17, 15) is 49.1 Å². The maximum Gasteiger partial charge on any atom is 0.217 e. The number of ether oxygens (including phenoxy) is 1. The summed E-state index contributed by atoms with van der Waals surface area (Å²) in [7, 11) is 1.64. The molecule has 504 valence electrons. The molecule has 0 saturated carbocycles. The lowest BCUT2D eigenvalue weighted by atomic mass is 9.92. The number of benzene rings is 11. The summed E-state index contributed by atoms with van der Waals surface area (Å²) >= 11 is 0. The maximum absolute atomic E-state index is 13.5. The molecule has 0 unspecified atom stereocenters. The summed E-state index contributed by atoms with van der Waals surface area (Å²) in [6.07, 6.45) is 6.60. The number of aromatic nitrogens is 1. The fourth-order valence-corrected chi connectivity index (χ4v) is 11.5. The molecule has 1 aromatic heterocycles. The molecule has 0 aliphatic heterocycles. The highest BCUT2D eigenvalue weighted by Crippen LogP contribution is 2.37. The molecule has 12 aromatic rings. The summed E-state index contributed by atoms with van der Waals surface area (Å²) in [6, 6.07) is 77.2. The smallest absolute Gasteiger partial charge is 0.217 e. The number of amides is 4. The first kappa shape index (κ1) is 71.5. The second-order valence-electron chi connectivity index (χ2n) is 23.6. The van der Waals surface area contributed by atoms with Gasteiger partial charge >= 0.3 is 0 Å². The fourth-order valence-electron chi connectivity index (χ4n) is 11.5. The monoisotopic (exact) mass is 1330 g/mol. The summed E-state index contributed by atoms with van der Waals surface area (Å²) in [5.41, 5.74) is 40.2. The van der Waals surface area contributed by atoms with Crippen LogP contribution in [0.15, 0.2) is 267 Å². The minimum Gasteiger partial charge on any atom is -0.508 e. The predicted octanol–water partition coefficient (Wildman–Crippen LogP) is 15.8. The van der Waals surface area contributed by atoms with Gasteiger partial charge in [-0.2, -0.15) is 0 Å². The second kappa shape index (κ2) is 34.7. The number of phenolic OH excluding ortho intramolecular Hbond substituents is 5. The number of pyridine rings is 1. The molecule has 0 bridgehead atoms. The van der Waals surface area contributed by atoms with Gasteiger partial charge in [-0.15, -0.1) is 0 Å². The van der Waals surface area contributed by atoms with E-state index in [1.165, 1.54) is 12.1 Å². The largest absolute Gasteiger partial charge is 0.508 e. The quantitative estimate of drug-likeness (QED) is 0.0326. The van der Waals surface area contributed by atoms with Crippen LogP contribution >= 0.6 is 0 Å². The summed E-state index contributed by atoms with van der Waals surface area (Å²) in [5, 5.41) is 48.7. The van der Waals surface area contributed by atoms with Crippen LogP contribution in [-0.4, -0.2) is 61.3 Å². The Hall–Kier alpha value is -12.8. The van der Waals surface area contributed by atoms with Gasteiger partial charge in [0.2, 0.25) is 23.6 Å². The lowest BCUT2D eigenvalue weighted by molar-refractivity contribution is -0.118. The molecule has 0 aliphatic rings. The van der Waals surface area contributed by atoms with Gasteiger partial charge in [-0.25, -0.2) is 4.39 Å². The van der Waals surface area contributed by atoms with Crippen molar-refractivity contribution in [2.75, 3.05) is 7.11 Å². The van der Waals surface area contributed by atoms with E-state index in [0.717, 1.165) is 117 Å². The summed E-state index contributed by atoms with van der Waals surface area (Å²) < 4.78 is 18.8. The molecule has 16 heteroatoms. The number of hydrogen-bond acceptors (Lipinski definition) is 11. The van der Waals surface area contributed by atoms with E-state index in [4.69, 9.17) is 27.7 Å². The van der Waals surface area contributed by atoms with Gasteiger partial charge in [0.25, 0.3) is 0 Å². The average molecular weight is 1330 g/mol. The predicted molar refractivity (Wildman–Crippen MR) is 392 cm³/mol. The molecule has 4 amide bonds. The minimum absolute atomic E-state index is 0.174. The average Bonchev–Trinajstić information content (AvgIpc) is 0.830. The Labute approximate surface area is 579 Å². The Morgan fingerprint density at radius 2 is 0.570 bits per heavy atom. The number of methoxy groups -OCH3 is 1. The number of phenols is 5. The first-order valence-electron chi connectivity index (χ1n) is 32.2. The Bertz CT molecular complexity index is 4700. The normalized spacial score (nSPS) is 10.5. The Morgan fingerprint density at radius 3 is 0.870 bits per heavy atom. The van der Waals surface area contributed by atoms with E-state index >= 15 is 0 Å². The number of nitrogens with two attached hydrogens (primary N) is 4. The van der Waals surface area contributed by atoms with E-state index in [1.807, 2.05) is 133 Å². The molecule has 0 atom stereocenters. The molecular formula is C84H76FN5O10. The van der Waals surface area contributed by atoms with Gasteiger partial charge in [-0.3, -0.25) is 24.2 Å². The van der Waals surface area contributed by atoms with Crippen LogP contribution in [0.2, 0.25) is 0 Å². The molecule has 0 radical (unpaired) electrons. The molecule has 0 saturated heterocycles. The van der Waals surface area contributed by atoms with Crippen molar-refractivity contribution < 1.29 is 53.8 Å². The second-order valence-corrected chi connectivity index (χ2v) is 23.6. The lowest BCUT2D eigenvalue weighted by Crippen LogP contribution is -2.11. The van der Waals surface area contributed by atoms with Crippen molar-refractivity contribution >= 4 is 23.6 Å². The van der Waals surface area contributed by atoms with E-state index in [0.29, 0.717) is 25.7 Å². The van der Waals surface area contributed by atoms with Crippen molar-refractivity contribution in [3.8, 4) is 124 Å². The third-order valence-corrected chi connectivity index (χ3v) is 16.4. The maximum atomic E-state index is 13.5. The highest BCUT2D eigenvalue weighted by atomic mass is 19.1. The molecule has 13 N–H and O–H groups in total. The van der Waals surface area contributed by atoms with E-state index < -0.39 is 0 Å². The van der Waals surface area contributed by atoms with Crippen LogP contribution < -0.4 is 27.7 Å². The Balaban J connectivity index is 0.000000156. The molecule has 100 heavy (non-hydrogen) atoms. The number of halogens is 1. The van der Waals surface area contributed by atoms with Gasteiger partial charge in [-0.05, 0) is 234 Å². The number of nitrogens with zero attached hydrogens (tertiary/aromatic N) is 1. The first-order valence-corrected chi connectivity index (χ1v) is 32.2. The number of primary amides is 4. The highest BCUT2D eigenvalue weighted by molar-refractivity contribution is 5.82. The van der Waals surface area contributed by atoms with Crippen LogP contribution in [0.4, 0.5) is 4.39 Å². The number of carbonyl (C=O) groups is 4. The zero-order chi connectivity index (χ0) is 71.1. The number of aryl methyl sites for hydroxylation is 4. The molecule has 0 aliphatic carbocycles. The Kier molecular flexibility index (Phi) is 24.8. The number of aromatic hydroxyl groups is 5. The zero-order valence-corrected chi connectivity index (χ0v) is 55.0. The standard InChI is InChI=1S/C22H21NO3.C21H18FNO2.C21H19NO3.C20H18N2O2/c1-26-20-7-3-4-15(14-20)16-8-10-21(17-5-2-6-19(24)13-17)18(12-16)9-11-22(23)25;22-18-5-1-3-14(12-18)15-7-9-20(16-4-2-6-19(24)13-16)17(11-15)8-10-21(23)25;22-21(25)10-8-17-11-15(14-3-1-5-18(23)12-14)7-9-20(17)16-4-2-6-19(24)13-16;21-20(24)7-5-17-12-15(14-8-10-22-11-9-14)4-6-19(17)16-2-1-3-18(23)13-16/h2-8,10,12-14,24H,9,11H2,1H3,(H2,23,25);1-7,9,11-13,24H,8,10H2,(H2,23,25);1-7,9,11-13,23-24H,8,10H2,(H2,22,25);1-4,6,8-13,23H,5,7H2,(H2,21,24). The van der Waals surface area contributed by atoms with Crippen LogP contribution in [-0.2, 0) is 44.9 Å². The molecule has 12 rings (SSSR count). The Morgan fingerprint density at radius 1 is 0.310 bits per heavy atom. The summed E-state index contributed by atoms with van der Waals surface area (Å²) in [5.74, 6) is 0.0851. The highest BCUT2D eigenvalue weighted by Gasteiger charge is 2.16. The van der Waals surface area contributed by atoms with Crippen molar-refractivity contribution in [1.29, 1.82) is 0 Å². The first-order chi connectivity index (χ1) is 48.2. The van der Waals surface area contributed by atoms with Crippen molar-refractivity contribution in [3.05, 3.63) is 295 Å². The molecular weight excluding hydrogens is 1260 g/mol. The van der Waals surface area contributed by atoms with Crippen molar-refractivity contribution in [2.45, 2.75) is 51.4 Å². The van der Waals surface area contributed by atoms with E-state index in [2.05, 4.69) is 17.1 Å². The van der Waals surface area contributed by atoms with Gasteiger partial charge in [0.1, 0.15) is 40.3 Å². The van der Waals surface area contributed by atoms with Crippen LogP contribution in [0.1, 0.15) is 47.9 Å². The number of carbonyl (C=O) groups excluding carboxylic acids is 4. The van der Waals surface area contributed by atoms with Crippen molar-refractivity contribution in [3.63, 3.8) is 0 Å². The van der Waals surface area contributed by atoms with E-state index in [-0.39, 0.29) is 83.9 Å². The molecule has 11 aromatic carbocycles. The van der Waals surface area contributed by atoms with Gasteiger partial charge in [0, 0.05) is 38.1 Å². The topological polar surface area (TPSA) is 296 Å².